The molecule has 1 amide bonds. The van der Waals surface area contributed by atoms with Gasteiger partial charge in [-0.05, 0) is 24.0 Å². The van der Waals surface area contributed by atoms with Crippen molar-refractivity contribution in [1.29, 1.82) is 0 Å². The zero-order valence-electron chi connectivity index (χ0n) is 9.71. The second-order valence-electron chi connectivity index (χ2n) is 4.47. The van der Waals surface area contributed by atoms with Gasteiger partial charge in [0.05, 0.1) is 16.1 Å². The minimum Gasteiger partial charge on any atom is -0.423 e. The number of rotatable bonds is 3. The van der Waals surface area contributed by atoms with Crippen molar-refractivity contribution < 1.29 is 19.2 Å². The Kier molecular flexibility index (Phi) is 3.00. The minimum atomic E-state index is -1.54. The molecule has 1 heterocycles. The fraction of sp³-hybridized carbons (Fsp3) is 0.273. The van der Waals surface area contributed by atoms with Crippen molar-refractivity contribution >= 4 is 45.2 Å². The van der Waals surface area contributed by atoms with Gasteiger partial charge < -0.3 is 15.4 Å². The smallest absolute Gasteiger partial charge is 0.423 e. The van der Waals surface area contributed by atoms with Gasteiger partial charge >= 0.3 is 7.12 Å². The number of alkyl halides is 1. The number of hydrogen-bond donors (Lipinski definition) is 3. The van der Waals surface area contributed by atoms with Gasteiger partial charge in [0.25, 0.3) is 0 Å². The first kappa shape index (κ1) is 12.5. The summed E-state index contributed by atoms with van der Waals surface area (Å²) in [7, 11) is -1.54. The van der Waals surface area contributed by atoms with Crippen LogP contribution in [0.1, 0.15) is 6.42 Å². The number of anilines is 1. The molecular formula is C11H10BFN2O3S. The van der Waals surface area contributed by atoms with Gasteiger partial charge in [-0.2, -0.15) is 0 Å². The number of thiazole rings is 1. The summed E-state index contributed by atoms with van der Waals surface area (Å²) >= 11 is 1.22. The topological polar surface area (TPSA) is 82.5 Å². The van der Waals surface area contributed by atoms with Gasteiger partial charge in [0.15, 0.2) is 5.13 Å². The molecule has 1 aromatic carbocycles. The lowest BCUT2D eigenvalue weighted by molar-refractivity contribution is -0.117. The number of hydrogen-bond acceptors (Lipinski definition) is 5. The van der Waals surface area contributed by atoms with E-state index in [0.717, 1.165) is 4.70 Å². The van der Waals surface area contributed by atoms with Gasteiger partial charge in [0, 0.05) is 0 Å². The summed E-state index contributed by atoms with van der Waals surface area (Å²) in [5.74, 6) is -0.907. The fourth-order valence-electron chi connectivity index (χ4n) is 1.79. The molecule has 3 N–H and O–H groups in total. The number of fused-ring (bicyclic) bond motifs is 1. The third kappa shape index (κ3) is 2.47. The quantitative estimate of drug-likeness (QED) is 0.705. The number of halogens is 1. The van der Waals surface area contributed by atoms with E-state index in [-0.39, 0.29) is 12.3 Å². The van der Waals surface area contributed by atoms with Crippen molar-refractivity contribution in [1.82, 2.24) is 4.98 Å². The highest BCUT2D eigenvalue weighted by atomic mass is 32.1. The number of amides is 1. The van der Waals surface area contributed by atoms with E-state index in [9.17, 15) is 9.18 Å². The Labute approximate surface area is 112 Å². The van der Waals surface area contributed by atoms with E-state index >= 15 is 0 Å². The summed E-state index contributed by atoms with van der Waals surface area (Å²) in [5, 5.41) is 21.1. The van der Waals surface area contributed by atoms with Crippen LogP contribution >= 0.6 is 11.3 Å². The fourth-order valence-corrected chi connectivity index (χ4v) is 2.71. The lowest BCUT2D eigenvalue weighted by Gasteiger charge is -1.97. The van der Waals surface area contributed by atoms with E-state index in [1.165, 1.54) is 11.3 Å². The van der Waals surface area contributed by atoms with Gasteiger partial charge in [-0.1, -0.05) is 17.4 Å². The molecule has 19 heavy (non-hydrogen) atoms. The zero-order chi connectivity index (χ0) is 13.6. The van der Waals surface area contributed by atoms with E-state index in [0.29, 0.717) is 16.1 Å². The molecule has 5 nitrogen and oxygen atoms in total. The Morgan fingerprint density at radius 1 is 1.53 bits per heavy atom. The lowest BCUT2D eigenvalue weighted by atomic mass is 9.80. The molecule has 8 heteroatoms. The molecule has 1 aliphatic carbocycles. The number of carbonyl (C=O) groups excluding carboxylic acids is 1. The summed E-state index contributed by atoms with van der Waals surface area (Å²) in [5.41, 5.74) is 1.01. The van der Waals surface area contributed by atoms with Crippen LogP contribution in [-0.4, -0.2) is 34.2 Å². The molecule has 1 saturated carbocycles. The first-order chi connectivity index (χ1) is 9.04. The summed E-state index contributed by atoms with van der Waals surface area (Å²) < 4.78 is 13.5. The van der Waals surface area contributed by atoms with Gasteiger partial charge in [-0.15, -0.1) is 0 Å². The third-order valence-electron chi connectivity index (χ3n) is 2.99. The Hall–Kier alpha value is -1.51. The normalized spacial score (nSPS) is 21.4. The van der Waals surface area contributed by atoms with E-state index in [1.54, 1.807) is 18.2 Å². The number of nitrogens with zero attached hydrogens (tertiary/aromatic N) is 1. The molecule has 0 aliphatic heterocycles. The van der Waals surface area contributed by atoms with Crippen LogP contribution in [0.15, 0.2) is 18.2 Å². The SMILES string of the molecule is O=C(Nc1nc2ccc(B(O)O)cc2s1)C1CC1F. The van der Waals surface area contributed by atoms with Crippen LogP contribution in [0.4, 0.5) is 9.52 Å². The third-order valence-corrected chi connectivity index (χ3v) is 3.92. The molecule has 0 saturated heterocycles. The number of aromatic nitrogens is 1. The first-order valence-electron chi connectivity index (χ1n) is 5.76. The van der Waals surface area contributed by atoms with Crippen molar-refractivity contribution in [3.05, 3.63) is 18.2 Å². The van der Waals surface area contributed by atoms with E-state index < -0.39 is 19.2 Å². The predicted molar refractivity (Wildman–Crippen MR) is 71.1 cm³/mol. The molecule has 98 valence electrons. The van der Waals surface area contributed by atoms with Crippen LogP contribution < -0.4 is 10.8 Å². The highest BCUT2D eigenvalue weighted by Gasteiger charge is 2.43. The van der Waals surface area contributed by atoms with Gasteiger partial charge in [0.1, 0.15) is 6.17 Å². The molecule has 0 spiro atoms. The van der Waals surface area contributed by atoms with Crippen LogP contribution in [0, 0.1) is 5.92 Å². The molecule has 2 unspecified atom stereocenters. The van der Waals surface area contributed by atoms with Crippen LogP contribution in [0.2, 0.25) is 0 Å². The lowest BCUT2D eigenvalue weighted by Crippen LogP contribution is -2.29. The van der Waals surface area contributed by atoms with Crippen molar-refractivity contribution in [2.45, 2.75) is 12.6 Å². The highest BCUT2D eigenvalue weighted by molar-refractivity contribution is 7.22. The molecule has 1 aromatic heterocycles. The van der Waals surface area contributed by atoms with Crippen LogP contribution in [-0.2, 0) is 4.79 Å². The molecule has 0 radical (unpaired) electrons. The molecule has 2 aromatic rings. The Morgan fingerprint density at radius 2 is 2.26 bits per heavy atom. The Morgan fingerprint density at radius 3 is 2.89 bits per heavy atom. The number of nitrogens with one attached hydrogen (secondary N) is 1. The number of carbonyl (C=O) groups is 1. The van der Waals surface area contributed by atoms with Crippen molar-refractivity contribution in [2.75, 3.05) is 5.32 Å². The van der Waals surface area contributed by atoms with Crippen LogP contribution in [0.25, 0.3) is 10.2 Å². The summed E-state index contributed by atoms with van der Waals surface area (Å²) in [6.45, 7) is 0. The van der Waals surface area contributed by atoms with Crippen LogP contribution in [0.3, 0.4) is 0 Å². The van der Waals surface area contributed by atoms with Crippen molar-refractivity contribution in [3.8, 4) is 0 Å². The molecule has 0 bridgehead atoms. The Balaban J connectivity index is 1.83. The molecule has 2 atom stereocenters. The maximum absolute atomic E-state index is 12.7. The van der Waals surface area contributed by atoms with Crippen LogP contribution in [0.5, 0.6) is 0 Å². The van der Waals surface area contributed by atoms with E-state index in [4.69, 9.17) is 10.0 Å². The highest BCUT2D eigenvalue weighted by Crippen LogP contribution is 2.35. The first-order valence-corrected chi connectivity index (χ1v) is 6.58. The van der Waals surface area contributed by atoms with Crippen molar-refractivity contribution in [3.63, 3.8) is 0 Å². The predicted octanol–water partition coefficient (Wildman–Crippen LogP) is 0.273. The number of benzene rings is 1. The van der Waals surface area contributed by atoms with E-state index in [1.807, 2.05) is 0 Å². The molecule has 1 aliphatic rings. The monoisotopic (exact) mass is 280 g/mol. The second kappa shape index (κ2) is 4.55. The average Bonchev–Trinajstić information content (AvgIpc) is 2.96. The molecule has 3 rings (SSSR count). The maximum Gasteiger partial charge on any atom is 0.488 e. The Bertz CT molecular complexity index is 648. The largest absolute Gasteiger partial charge is 0.488 e. The average molecular weight is 280 g/mol. The summed E-state index contributed by atoms with van der Waals surface area (Å²) in [4.78, 5) is 15.8. The van der Waals surface area contributed by atoms with E-state index in [2.05, 4.69) is 10.3 Å². The zero-order valence-corrected chi connectivity index (χ0v) is 10.5. The van der Waals surface area contributed by atoms with Crippen molar-refractivity contribution in [2.24, 2.45) is 5.92 Å². The maximum atomic E-state index is 12.7. The van der Waals surface area contributed by atoms with Gasteiger partial charge in [0.2, 0.25) is 5.91 Å². The standard InChI is InChI=1S/C11H10BFN2O3S/c13-7-4-6(7)10(16)15-11-14-8-2-1-5(12(17)18)3-9(8)19-11/h1-3,6-7,17-18H,4H2,(H,14,15,16). The molecular weight excluding hydrogens is 270 g/mol. The summed E-state index contributed by atoms with van der Waals surface area (Å²) in [6, 6.07) is 4.80. The second-order valence-corrected chi connectivity index (χ2v) is 5.50. The summed E-state index contributed by atoms with van der Waals surface area (Å²) in [6.07, 6.45) is -0.761. The van der Waals surface area contributed by atoms with Gasteiger partial charge in [-0.3, -0.25) is 4.79 Å². The minimum absolute atomic E-state index is 0.275. The molecule has 1 fully saturated rings. The van der Waals surface area contributed by atoms with Gasteiger partial charge in [-0.25, -0.2) is 9.37 Å².